The molecule has 4 nitrogen and oxygen atoms in total. The molecule has 0 radical (unpaired) electrons. The van der Waals surface area contributed by atoms with Gasteiger partial charge in [-0.2, -0.15) is 0 Å². The summed E-state index contributed by atoms with van der Waals surface area (Å²) in [4.78, 5) is 12.5. The van der Waals surface area contributed by atoms with E-state index in [9.17, 15) is 4.79 Å². The van der Waals surface area contributed by atoms with E-state index in [4.69, 9.17) is 4.74 Å². The molecule has 0 atom stereocenters. The van der Waals surface area contributed by atoms with Gasteiger partial charge in [-0.25, -0.2) is 0 Å². The van der Waals surface area contributed by atoms with Gasteiger partial charge in [0.1, 0.15) is 0 Å². The predicted octanol–water partition coefficient (Wildman–Crippen LogP) is 2.51. The maximum absolute atomic E-state index is 12.5. The number of rotatable bonds is 6. The Labute approximate surface area is 135 Å². The van der Waals surface area contributed by atoms with Gasteiger partial charge in [-0.15, -0.1) is 12.4 Å². The van der Waals surface area contributed by atoms with E-state index in [1.165, 1.54) is 32.1 Å². The molecule has 2 N–H and O–H groups in total. The summed E-state index contributed by atoms with van der Waals surface area (Å²) in [6, 6.07) is 0. The van der Waals surface area contributed by atoms with Gasteiger partial charge in [0.2, 0.25) is 5.91 Å². The first-order valence-corrected chi connectivity index (χ1v) is 8.25. The van der Waals surface area contributed by atoms with Crippen molar-refractivity contribution in [1.82, 2.24) is 10.6 Å². The summed E-state index contributed by atoms with van der Waals surface area (Å²) < 4.78 is 5.31. The molecule has 0 bridgehead atoms. The molecular formula is C16H31ClN2O2. The van der Waals surface area contributed by atoms with Gasteiger partial charge in [-0.1, -0.05) is 32.1 Å². The lowest BCUT2D eigenvalue weighted by Gasteiger charge is -2.35. The van der Waals surface area contributed by atoms with Crippen molar-refractivity contribution in [3.8, 4) is 0 Å². The molecule has 0 aromatic rings. The number of hydrogen-bond acceptors (Lipinski definition) is 3. The minimum atomic E-state index is -0.299. The number of hydrogen-bond donors (Lipinski definition) is 2. The van der Waals surface area contributed by atoms with Crippen LogP contribution in [0.2, 0.25) is 0 Å². The second kappa shape index (κ2) is 9.65. The molecule has 0 aromatic heterocycles. The lowest BCUT2D eigenvalue weighted by atomic mass is 9.78. The Hall–Kier alpha value is -0.320. The summed E-state index contributed by atoms with van der Waals surface area (Å²) in [7, 11) is 1.69. The first-order chi connectivity index (χ1) is 9.77. The van der Waals surface area contributed by atoms with Crippen molar-refractivity contribution in [2.75, 3.05) is 33.4 Å². The Morgan fingerprint density at radius 2 is 1.90 bits per heavy atom. The van der Waals surface area contributed by atoms with Crippen molar-refractivity contribution in [3.63, 3.8) is 0 Å². The zero-order valence-electron chi connectivity index (χ0n) is 13.3. The number of amides is 1. The maximum atomic E-state index is 12.5. The molecule has 124 valence electrons. The van der Waals surface area contributed by atoms with Crippen LogP contribution in [0.5, 0.6) is 0 Å². The minimum absolute atomic E-state index is 0. The molecule has 2 rings (SSSR count). The smallest absolute Gasteiger partial charge is 0.228 e. The van der Waals surface area contributed by atoms with E-state index in [0.29, 0.717) is 6.61 Å². The molecule has 5 heteroatoms. The highest BCUT2D eigenvalue weighted by atomic mass is 35.5. The molecule has 0 aromatic carbocycles. The number of carbonyl (C=O) groups is 1. The van der Waals surface area contributed by atoms with E-state index in [0.717, 1.165) is 44.8 Å². The molecule has 1 saturated carbocycles. The van der Waals surface area contributed by atoms with Gasteiger partial charge >= 0.3 is 0 Å². The largest absolute Gasteiger partial charge is 0.384 e. The zero-order valence-corrected chi connectivity index (χ0v) is 14.1. The highest BCUT2D eigenvalue weighted by Crippen LogP contribution is 2.30. The van der Waals surface area contributed by atoms with E-state index in [-0.39, 0.29) is 23.7 Å². The number of nitrogens with one attached hydrogen (secondary N) is 2. The van der Waals surface area contributed by atoms with Crippen molar-refractivity contribution in [2.45, 2.75) is 51.4 Å². The van der Waals surface area contributed by atoms with E-state index in [1.807, 2.05) is 0 Å². The van der Waals surface area contributed by atoms with Crippen LogP contribution in [-0.4, -0.2) is 39.3 Å². The molecule has 2 fully saturated rings. The van der Waals surface area contributed by atoms with E-state index >= 15 is 0 Å². The summed E-state index contributed by atoms with van der Waals surface area (Å²) in [6.45, 7) is 3.21. The molecule has 1 heterocycles. The quantitative estimate of drug-likeness (QED) is 0.791. The van der Waals surface area contributed by atoms with Crippen molar-refractivity contribution < 1.29 is 9.53 Å². The number of piperidine rings is 1. The van der Waals surface area contributed by atoms with Gasteiger partial charge in [-0.05, 0) is 38.3 Å². The van der Waals surface area contributed by atoms with Crippen LogP contribution >= 0.6 is 12.4 Å². The Balaban J connectivity index is 0.00000220. The Kier molecular flexibility index (Phi) is 8.60. The third-order valence-electron chi connectivity index (χ3n) is 5.03. The molecule has 1 saturated heterocycles. The van der Waals surface area contributed by atoms with Crippen LogP contribution in [0.25, 0.3) is 0 Å². The van der Waals surface area contributed by atoms with Gasteiger partial charge in [0.15, 0.2) is 0 Å². The van der Waals surface area contributed by atoms with E-state index < -0.39 is 0 Å². The molecule has 1 aliphatic carbocycles. The highest BCUT2D eigenvalue weighted by molar-refractivity contribution is 5.85. The first-order valence-electron chi connectivity index (χ1n) is 8.25. The van der Waals surface area contributed by atoms with Crippen molar-refractivity contribution >= 4 is 18.3 Å². The fraction of sp³-hybridized carbons (Fsp3) is 0.938. The summed E-state index contributed by atoms with van der Waals surface area (Å²) in [6.07, 6.45) is 9.76. The summed E-state index contributed by atoms with van der Waals surface area (Å²) in [5, 5.41) is 6.50. The van der Waals surface area contributed by atoms with Crippen LogP contribution in [-0.2, 0) is 9.53 Å². The van der Waals surface area contributed by atoms with Crippen molar-refractivity contribution in [1.29, 1.82) is 0 Å². The van der Waals surface area contributed by atoms with Crippen LogP contribution in [0.4, 0.5) is 0 Å². The lowest BCUT2D eigenvalue weighted by molar-refractivity contribution is -0.136. The van der Waals surface area contributed by atoms with Crippen LogP contribution in [0.15, 0.2) is 0 Å². The normalized spacial score (nSPS) is 22.3. The average molecular weight is 319 g/mol. The van der Waals surface area contributed by atoms with Crippen molar-refractivity contribution in [3.05, 3.63) is 0 Å². The number of carbonyl (C=O) groups excluding carboxylic acids is 1. The molecule has 0 spiro atoms. The third kappa shape index (κ3) is 5.42. The first kappa shape index (κ1) is 18.7. The monoisotopic (exact) mass is 318 g/mol. The molecule has 2 aliphatic rings. The topological polar surface area (TPSA) is 50.4 Å². The predicted molar refractivity (Wildman–Crippen MR) is 87.9 cm³/mol. The minimum Gasteiger partial charge on any atom is -0.384 e. The van der Waals surface area contributed by atoms with Crippen LogP contribution in [0.1, 0.15) is 51.4 Å². The molecular weight excluding hydrogens is 288 g/mol. The fourth-order valence-electron chi connectivity index (χ4n) is 3.67. The van der Waals surface area contributed by atoms with Gasteiger partial charge in [0, 0.05) is 13.7 Å². The Morgan fingerprint density at radius 1 is 1.24 bits per heavy atom. The zero-order chi connectivity index (χ0) is 14.3. The number of ether oxygens (including phenoxy) is 1. The summed E-state index contributed by atoms with van der Waals surface area (Å²) in [5.74, 6) is 1.03. The SMILES string of the molecule is COCC1(C(=O)NCCC2CCCCC2)CCNCC1.Cl. The Morgan fingerprint density at radius 3 is 2.52 bits per heavy atom. The van der Waals surface area contributed by atoms with E-state index in [2.05, 4.69) is 10.6 Å². The van der Waals surface area contributed by atoms with Crippen LogP contribution < -0.4 is 10.6 Å². The molecule has 21 heavy (non-hydrogen) atoms. The van der Waals surface area contributed by atoms with Gasteiger partial charge in [-0.3, -0.25) is 4.79 Å². The Bertz CT molecular complexity index is 295. The molecule has 0 unspecified atom stereocenters. The maximum Gasteiger partial charge on any atom is 0.228 e. The average Bonchev–Trinajstić information content (AvgIpc) is 2.49. The fourth-order valence-corrected chi connectivity index (χ4v) is 3.67. The van der Waals surface area contributed by atoms with Crippen molar-refractivity contribution in [2.24, 2.45) is 11.3 Å². The summed E-state index contributed by atoms with van der Waals surface area (Å²) >= 11 is 0. The van der Waals surface area contributed by atoms with Crippen LogP contribution in [0, 0.1) is 11.3 Å². The van der Waals surface area contributed by atoms with Crippen LogP contribution in [0.3, 0.4) is 0 Å². The highest BCUT2D eigenvalue weighted by Gasteiger charge is 2.39. The van der Waals surface area contributed by atoms with E-state index in [1.54, 1.807) is 7.11 Å². The second-order valence-corrected chi connectivity index (χ2v) is 6.51. The lowest BCUT2D eigenvalue weighted by Crippen LogP contribution is -2.50. The van der Waals surface area contributed by atoms with Gasteiger partial charge in [0.25, 0.3) is 0 Å². The van der Waals surface area contributed by atoms with Gasteiger partial charge < -0.3 is 15.4 Å². The molecule has 1 amide bonds. The standard InChI is InChI=1S/C16H30N2O2.ClH/c1-20-13-16(8-11-17-12-9-16)15(19)18-10-7-14-5-3-2-4-6-14;/h14,17H,2-13H2,1H3,(H,18,19);1H. The molecule has 1 aliphatic heterocycles. The number of halogens is 1. The second-order valence-electron chi connectivity index (χ2n) is 6.51. The number of methoxy groups -OCH3 is 1. The summed E-state index contributed by atoms with van der Waals surface area (Å²) in [5.41, 5.74) is -0.299. The van der Waals surface area contributed by atoms with Gasteiger partial charge in [0.05, 0.1) is 12.0 Å². The third-order valence-corrected chi connectivity index (χ3v) is 5.03.